The molecule has 1 saturated carbocycles. The predicted octanol–water partition coefficient (Wildman–Crippen LogP) is 2.20. The van der Waals surface area contributed by atoms with Gasteiger partial charge in [-0.1, -0.05) is 43.2 Å². The third-order valence-electron chi connectivity index (χ3n) is 5.28. The molecule has 0 radical (unpaired) electrons. The molecule has 1 aromatic carbocycles. The van der Waals surface area contributed by atoms with Crippen LogP contribution >= 0.6 is 0 Å². The van der Waals surface area contributed by atoms with E-state index >= 15 is 0 Å². The number of amides is 2. The van der Waals surface area contributed by atoms with Crippen LogP contribution in [-0.4, -0.2) is 41.9 Å². The number of esters is 1. The average Bonchev–Trinajstić information content (AvgIpc) is 3.29. The van der Waals surface area contributed by atoms with Gasteiger partial charge in [-0.3, -0.25) is 14.4 Å². The van der Waals surface area contributed by atoms with Crippen molar-refractivity contribution in [3.63, 3.8) is 0 Å². The Balaban J connectivity index is 1.43. The average molecular weight is 358 g/mol. The Kier molecular flexibility index (Phi) is 5.91. The summed E-state index contributed by atoms with van der Waals surface area (Å²) in [5.41, 5.74) is 0.987. The molecule has 1 heterocycles. The minimum Gasteiger partial charge on any atom is -0.455 e. The second-order valence-electron chi connectivity index (χ2n) is 7.19. The van der Waals surface area contributed by atoms with Gasteiger partial charge in [0.2, 0.25) is 5.91 Å². The molecule has 2 fully saturated rings. The summed E-state index contributed by atoms with van der Waals surface area (Å²) in [5.74, 6) is -1.23. The highest BCUT2D eigenvalue weighted by Gasteiger charge is 2.39. The lowest BCUT2D eigenvalue weighted by Crippen LogP contribution is -2.35. The maximum Gasteiger partial charge on any atom is 0.311 e. The van der Waals surface area contributed by atoms with Crippen LogP contribution in [0, 0.1) is 5.92 Å². The Labute approximate surface area is 153 Å². The van der Waals surface area contributed by atoms with Gasteiger partial charge < -0.3 is 15.0 Å². The van der Waals surface area contributed by atoms with Gasteiger partial charge in [0.25, 0.3) is 5.91 Å². The summed E-state index contributed by atoms with van der Waals surface area (Å²) in [4.78, 5) is 38.2. The molecule has 0 unspecified atom stereocenters. The van der Waals surface area contributed by atoms with Gasteiger partial charge in [-0.15, -0.1) is 0 Å². The largest absolute Gasteiger partial charge is 0.455 e. The lowest BCUT2D eigenvalue weighted by atomic mass is 10.1. The SMILES string of the molecule is C[C@H](NC(=O)COC(=O)[C@@H]1CC(=O)N(C2CCCC2)C1)c1ccccc1. The van der Waals surface area contributed by atoms with Gasteiger partial charge in [0, 0.05) is 19.0 Å². The van der Waals surface area contributed by atoms with E-state index in [4.69, 9.17) is 4.74 Å². The Morgan fingerprint density at radius 3 is 2.62 bits per heavy atom. The summed E-state index contributed by atoms with van der Waals surface area (Å²) in [5, 5.41) is 2.81. The van der Waals surface area contributed by atoms with Crippen LogP contribution in [0.15, 0.2) is 30.3 Å². The van der Waals surface area contributed by atoms with Gasteiger partial charge in [-0.2, -0.15) is 0 Å². The number of hydrogen-bond donors (Lipinski definition) is 1. The number of nitrogens with zero attached hydrogens (tertiary/aromatic N) is 1. The van der Waals surface area contributed by atoms with Crippen LogP contribution in [0.5, 0.6) is 0 Å². The third-order valence-corrected chi connectivity index (χ3v) is 5.28. The minimum absolute atomic E-state index is 0.0287. The monoisotopic (exact) mass is 358 g/mol. The summed E-state index contributed by atoms with van der Waals surface area (Å²) >= 11 is 0. The zero-order chi connectivity index (χ0) is 18.5. The molecule has 1 N–H and O–H groups in total. The number of rotatable bonds is 6. The highest BCUT2D eigenvalue weighted by molar-refractivity contribution is 5.88. The van der Waals surface area contributed by atoms with Gasteiger partial charge in [0.05, 0.1) is 12.0 Å². The van der Waals surface area contributed by atoms with Crippen LogP contribution in [0.25, 0.3) is 0 Å². The van der Waals surface area contributed by atoms with Crippen molar-refractivity contribution in [2.24, 2.45) is 5.92 Å². The maximum absolute atomic E-state index is 12.2. The number of likely N-dealkylation sites (tertiary alicyclic amines) is 1. The number of carbonyl (C=O) groups is 3. The fourth-order valence-corrected chi connectivity index (χ4v) is 3.82. The molecule has 0 spiro atoms. The number of hydrogen-bond acceptors (Lipinski definition) is 4. The predicted molar refractivity (Wildman–Crippen MR) is 96.0 cm³/mol. The molecule has 1 aliphatic carbocycles. The standard InChI is InChI=1S/C20H26N2O4/c1-14(15-7-3-2-4-8-15)21-18(23)13-26-20(25)16-11-19(24)22(12-16)17-9-5-6-10-17/h2-4,7-8,14,16-17H,5-6,9-13H2,1H3,(H,21,23)/t14-,16+/m0/s1. The molecule has 2 aliphatic rings. The molecule has 0 aromatic heterocycles. The van der Waals surface area contributed by atoms with Crippen LogP contribution in [0.1, 0.15) is 50.6 Å². The van der Waals surface area contributed by atoms with Crippen LogP contribution < -0.4 is 5.32 Å². The molecular formula is C20H26N2O4. The van der Waals surface area contributed by atoms with E-state index in [-0.39, 0.29) is 36.9 Å². The van der Waals surface area contributed by atoms with Crippen molar-refractivity contribution in [3.05, 3.63) is 35.9 Å². The lowest BCUT2D eigenvalue weighted by molar-refractivity contribution is -0.152. The molecule has 6 heteroatoms. The molecule has 26 heavy (non-hydrogen) atoms. The van der Waals surface area contributed by atoms with E-state index in [0.29, 0.717) is 6.54 Å². The highest BCUT2D eigenvalue weighted by Crippen LogP contribution is 2.29. The van der Waals surface area contributed by atoms with Crippen molar-refractivity contribution in [1.29, 1.82) is 0 Å². The smallest absolute Gasteiger partial charge is 0.311 e. The zero-order valence-electron chi connectivity index (χ0n) is 15.1. The van der Waals surface area contributed by atoms with Crippen molar-refractivity contribution >= 4 is 17.8 Å². The minimum atomic E-state index is -0.457. The van der Waals surface area contributed by atoms with E-state index in [0.717, 1.165) is 31.2 Å². The van der Waals surface area contributed by atoms with Crippen LogP contribution in [-0.2, 0) is 19.1 Å². The number of carbonyl (C=O) groups excluding carboxylic acids is 3. The van der Waals surface area contributed by atoms with Gasteiger partial charge in [-0.25, -0.2) is 0 Å². The Hall–Kier alpha value is -2.37. The van der Waals surface area contributed by atoms with Gasteiger partial charge >= 0.3 is 5.97 Å². The van der Waals surface area contributed by atoms with Gasteiger partial charge in [-0.05, 0) is 25.3 Å². The van der Waals surface area contributed by atoms with E-state index < -0.39 is 11.9 Å². The number of nitrogens with one attached hydrogen (secondary N) is 1. The van der Waals surface area contributed by atoms with Crippen LogP contribution in [0.3, 0.4) is 0 Å². The fourth-order valence-electron chi connectivity index (χ4n) is 3.82. The number of ether oxygens (including phenoxy) is 1. The van der Waals surface area contributed by atoms with E-state index in [2.05, 4.69) is 5.32 Å². The van der Waals surface area contributed by atoms with Crippen molar-refractivity contribution in [3.8, 4) is 0 Å². The van der Waals surface area contributed by atoms with E-state index in [9.17, 15) is 14.4 Å². The van der Waals surface area contributed by atoms with Crippen LogP contribution in [0.2, 0.25) is 0 Å². The van der Waals surface area contributed by atoms with Crippen molar-refractivity contribution < 1.29 is 19.1 Å². The summed E-state index contributed by atoms with van der Waals surface area (Å²) in [6, 6.07) is 9.70. The van der Waals surface area contributed by atoms with Crippen molar-refractivity contribution in [2.45, 2.75) is 51.1 Å². The molecule has 6 nitrogen and oxygen atoms in total. The maximum atomic E-state index is 12.2. The highest BCUT2D eigenvalue weighted by atomic mass is 16.5. The molecule has 2 atom stereocenters. The normalized spacial score (nSPS) is 21.7. The fraction of sp³-hybridized carbons (Fsp3) is 0.550. The summed E-state index contributed by atoms with van der Waals surface area (Å²) in [7, 11) is 0. The van der Waals surface area contributed by atoms with E-state index in [1.807, 2.05) is 42.2 Å². The summed E-state index contributed by atoms with van der Waals surface area (Å²) in [6.07, 6.45) is 4.52. The molecule has 3 rings (SSSR count). The first-order valence-electron chi connectivity index (χ1n) is 9.35. The second kappa shape index (κ2) is 8.34. The van der Waals surface area contributed by atoms with Gasteiger partial charge in [0.15, 0.2) is 6.61 Å². The second-order valence-corrected chi connectivity index (χ2v) is 7.19. The molecule has 0 bridgehead atoms. The zero-order valence-corrected chi connectivity index (χ0v) is 15.1. The van der Waals surface area contributed by atoms with Crippen LogP contribution in [0.4, 0.5) is 0 Å². The molecule has 2 amide bonds. The quantitative estimate of drug-likeness (QED) is 0.791. The summed E-state index contributed by atoms with van der Waals surface area (Å²) < 4.78 is 5.15. The van der Waals surface area contributed by atoms with Crippen molar-refractivity contribution in [1.82, 2.24) is 10.2 Å². The lowest BCUT2D eigenvalue weighted by Gasteiger charge is -2.23. The molecular weight excluding hydrogens is 332 g/mol. The Morgan fingerprint density at radius 2 is 1.92 bits per heavy atom. The summed E-state index contributed by atoms with van der Waals surface area (Å²) in [6.45, 7) is 1.98. The molecule has 140 valence electrons. The first kappa shape index (κ1) is 18.4. The van der Waals surface area contributed by atoms with E-state index in [1.165, 1.54) is 0 Å². The third kappa shape index (κ3) is 4.42. The number of benzene rings is 1. The Bertz CT molecular complexity index is 655. The Morgan fingerprint density at radius 1 is 1.23 bits per heavy atom. The molecule has 1 aliphatic heterocycles. The molecule has 1 aromatic rings. The van der Waals surface area contributed by atoms with Gasteiger partial charge in [0.1, 0.15) is 0 Å². The van der Waals surface area contributed by atoms with Crippen molar-refractivity contribution in [2.75, 3.05) is 13.2 Å². The molecule has 1 saturated heterocycles. The first-order valence-corrected chi connectivity index (χ1v) is 9.35. The first-order chi connectivity index (χ1) is 12.5. The topological polar surface area (TPSA) is 75.7 Å². The van der Waals surface area contributed by atoms with E-state index in [1.54, 1.807) is 0 Å².